The molecule has 0 aliphatic rings. The maximum atomic E-state index is 13.1. The van der Waals surface area contributed by atoms with Crippen LogP contribution in [0.1, 0.15) is 21.7 Å². The van der Waals surface area contributed by atoms with Crippen molar-refractivity contribution < 1.29 is 13.9 Å². The summed E-state index contributed by atoms with van der Waals surface area (Å²) in [5.41, 5.74) is 4.71. The summed E-state index contributed by atoms with van der Waals surface area (Å²) < 4.78 is 18.8. The van der Waals surface area contributed by atoms with E-state index in [1.165, 1.54) is 23.5 Å². The predicted octanol–water partition coefficient (Wildman–Crippen LogP) is 4.62. The van der Waals surface area contributed by atoms with Crippen LogP contribution in [-0.4, -0.2) is 39.6 Å². The second kappa shape index (κ2) is 11.5. The van der Waals surface area contributed by atoms with Crippen molar-refractivity contribution in [2.45, 2.75) is 26.6 Å². The van der Waals surface area contributed by atoms with Crippen LogP contribution in [0.5, 0.6) is 5.88 Å². The van der Waals surface area contributed by atoms with Crippen molar-refractivity contribution >= 4 is 23.1 Å². The number of thiazole rings is 1. The maximum Gasteiger partial charge on any atom is 0.261 e. The molecular weight excluding hydrogens is 465 g/mol. The number of nitrogens with zero attached hydrogens (tertiary/aromatic N) is 5. The number of carbonyl (C=O) groups is 1. The highest BCUT2D eigenvalue weighted by molar-refractivity contribution is 7.09. The van der Waals surface area contributed by atoms with Gasteiger partial charge < -0.3 is 14.5 Å². The van der Waals surface area contributed by atoms with E-state index >= 15 is 0 Å². The third-order valence-corrected chi connectivity index (χ3v) is 6.36. The van der Waals surface area contributed by atoms with Crippen molar-refractivity contribution in [3.8, 4) is 5.88 Å². The van der Waals surface area contributed by atoms with Crippen LogP contribution in [0.25, 0.3) is 0 Å². The summed E-state index contributed by atoms with van der Waals surface area (Å²) in [6, 6.07) is 19.6. The van der Waals surface area contributed by atoms with Gasteiger partial charge in [-0.25, -0.2) is 9.37 Å². The van der Waals surface area contributed by atoms with Gasteiger partial charge in [0, 0.05) is 31.1 Å². The molecule has 0 spiro atoms. The zero-order valence-corrected chi connectivity index (χ0v) is 20.4. The van der Waals surface area contributed by atoms with E-state index in [2.05, 4.69) is 15.2 Å². The number of halogens is 1. The molecule has 1 amide bonds. The van der Waals surface area contributed by atoms with Crippen LogP contribution >= 0.6 is 11.3 Å². The van der Waals surface area contributed by atoms with Gasteiger partial charge in [0.1, 0.15) is 5.82 Å². The lowest BCUT2D eigenvalue weighted by molar-refractivity contribution is -0.134. The number of hydrogen-bond acceptors (Lipinski definition) is 7. The topological polar surface area (TPSA) is 71.5 Å². The van der Waals surface area contributed by atoms with Crippen LogP contribution in [0, 0.1) is 12.7 Å². The summed E-state index contributed by atoms with van der Waals surface area (Å²) >= 11 is 1.53. The molecule has 2 aromatic heterocycles. The molecule has 0 saturated heterocycles. The van der Waals surface area contributed by atoms with E-state index in [-0.39, 0.29) is 24.2 Å². The monoisotopic (exact) mass is 491 g/mol. The molecule has 7 nitrogen and oxygen atoms in total. The highest BCUT2D eigenvalue weighted by atomic mass is 32.1. The van der Waals surface area contributed by atoms with Crippen molar-refractivity contribution in [2.75, 3.05) is 18.6 Å². The summed E-state index contributed by atoms with van der Waals surface area (Å²) in [5, 5.41) is 8.31. The minimum atomic E-state index is -0.267. The van der Waals surface area contributed by atoms with E-state index in [1.54, 1.807) is 34.7 Å². The number of rotatable bonds is 10. The predicted molar refractivity (Wildman–Crippen MR) is 134 cm³/mol. The molecule has 180 valence electrons. The molecule has 4 rings (SSSR count). The lowest BCUT2D eigenvalue weighted by atomic mass is 10.2. The summed E-state index contributed by atoms with van der Waals surface area (Å²) in [7, 11) is 1.88. The fourth-order valence-corrected chi connectivity index (χ4v) is 4.24. The van der Waals surface area contributed by atoms with Crippen LogP contribution in [0.4, 0.5) is 10.2 Å². The molecule has 0 radical (unpaired) electrons. The maximum absolute atomic E-state index is 13.1. The fraction of sp³-hybridized carbons (Fsp3) is 0.231. The van der Waals surface area contributed by atoms with E-state index in [1.807, 2.05) is 49.2 Å². The molecule has 0 N–H and O–H groups in total. The third kappa shape index (κ3) is 6.83. The molecule has 0 atom stereocenters. The first-order valence-corrected chi connectivity index (χ1v) is 12.0. The van der Waals surface area contributed by atoms with Gasteiger partial charge in [-0.1, -0.05) is 42.5 Å². The second-order valence-electron chi connectivity index (χ2n) is 8.10. The fourth-order valence-electron chi connectivity index (χ4n) is 3.45. The number of amides is 1. The third-order valence-electron chi connectivity index (χ3n) is 5.44. The minimum Gasteiger partial charge on any atom is -0.466 e. The smallest absolute Gasteiger partial charge is 0.261 e. The Labute approximate surface area is 207 Å². The van der Waals surface area contributed by atoms with Crippen LogP contribution in [-0.2, 0) is 24.4 Å². The molecule has 0 saturated carbocycles. The van der Waals surface area contributed by atoms with E-state index < -0.39 is 0 Å². The average molecular weight is 492 g/mol. The highest BCUT2D eigenvalue weighted by Gasteiger charge is 2.18. The molecule has 0 fully saturated rings. The summed E-state index contributed by atoms with van der Waals surface area (Å²) in [4.78, 5) is 22.1. The number of ether oxygens (including phenoxy) is 1. The minimum absolute atomic E-state index is 0.149. The van der Waals surface area contributed by atoms with Gasteiger partial charge in [0.25, 0.3) is 5.91 Å². The zero-order valence-electron chi connectivity index (χ0n) is 19.6. The number of aryl methyl sites for hydroxylation is 1. The lowest BCUT2D eigenvalue weighted by Gasteiger charge is -2.22. The van der Waals surface area contributed by atoms with E-state index in [0.29, 0.717) is 25.5 Å². The van der Waals surface area contributed by atoms with Crippen LogP contribution in [0.3, 0.4) is 0 Å². The van der Waals surface area contributed by atoms with Gasteiger partial charge in [-0.15, -0.1) is 21.5 Å². The summed E-state index contributed by atoms with van der Waals surface area (Å²) in [6.45, 7) is 3.28. The van der Waals surface area contributed by atoms with Gasteiger partial charge in [0.2, 0.25) is 5.88 Å². The Bertz CT molecular complexity index is 1230. The standard InChI is InChI=1S/C26H26FN5O2S/c1-19-23(35-18-28-19)16-32(15-20-6-4-3-5-7-20)26(33)17-34-25-13-12-24(29-30-25)31(2)14-21-8-10-22(27)11-9-21/h3-13,18H,14-17H2,1-2H3. The molecule has 0 bridgehead atoms. The van der Waals surface area contributed by atoms with Crippen molar-refractivity contribution in [1.82, 2.24) is 20.1 Å². The van der Waals surface area contributed by atoms with Crippen molar-refractivity contribution in [3.63, 3.8) is 0 Å². The van der Waals surface area contributed by atoms with Gasteiger partial charge in [-0.05, 0) is 36.2 Å². The number of aromatic nitrogens is 3. The zero-order chi connectivity index (χ0) is 24.6. The van der Waals surface area contributed by atoms with Crippen molar-refractivity contribution in [1.29, 1.82) is 0 Å². The van der Waals surface area contributed by atoms with Crippen molar-refractivity contribution in [3.05, 3.63) is 99.8 Å². The van der Waals surface area contributed by atoms with E-state index in [9.17, 15) is 9.18 Å². The van der Waals surface area contributed by atoms with Crippen LogP contribution in [0.15, 0.2) is 72.2 Å². The number of anilines is 1. The second-order valence-corrected chi connectivity index (χ2v) is 9.04. The molecule has 0 aliphatic carbocycles. The Kier molecular flexibility index (Phi) is 7.99. The quantitative estimate of drug-likeness (QED) is 0.322. The van der Waals surface area contributed by atoms with Gasteiger partial charge >= 0.3 is 0 Å². The lowest BCUT2D eigenvalue weighted by Crippen LogP contribution is -2.34. The molecule has 0 aliphatic heterocycles. The highest BCUT2D eigenvalue weighted by Crippen LogP contribution is 2.18. The molecule has 0 unspecified atom stereocenters. The number of benzene rings is 2. The Morgan fingerprint density at radius 1 is 0.943 bits per heavy atom. The van der Waals surface area contributed by atoms with Gasteiger partial charge in [0.05, 0.1) is 17.7 Å². The Hall–Kier alpha value is -3.85. The average Bonchev–Trinajstić information content (AvgIpc) is 3.28. The van der Waals surface area contributed by atoms with Crippen LogP contribution < -0.4 is 9.64 Å². The van der Waals surface area contributed by atoms with E-state index in [0.717, 1.165) is 21.7 Å². The first kappa shape index (κ1) is 24.3. The van der Waals surface area contributed by atoms with E-state index in [4.69, 9.17) is 4.74 Å². The van der Waals surface area contributed by atoms with Gasteiger partial charge in [-0.3, -0.25) is 4.79 Å². The first-order valence-electron chi connectivity index (χ1n) is 11.1. The normalized spacial score (nSPS) is 10.7. The molecule has 9 heteroatoms. The number of carbonyl (C=O) groups excluding carboxylic acids is 1. The molecule has 4 aromatic rings. The summed E-state index contributed by atoms with van der Waals surface area (Å²) in [6.07, 6.45) is 0. The largest absolute Gasteiger partial charge is 0.466 e. The molecular formula is C26H26FN5O2S. The Balaban J connectivity index is 1.36. The Morgan fingerprint density at radius 3 is 2.34 bits per heavy atom. The Morgan fingerprint density at radius 2 is 1.69 bits per heavy atom. The summed E-state index contributed by atoms with van der Waals surface area (Å²) in [5.74, 6) is 0.489. The number of hydrogen-bond donors (Lipinski definition) is 0. The van der Waals surface area contributed by atoms with Gasteiger partial charge in [-0.2, -0.15) is 0 Å². The first-order chi connectivity index (χ1) is 17.0. The van der Waals surface area contributed by atoms with Gasteiger partial charge in [0.15, 0.2) is 12.4 Å². The molecule has 35 heavy (non-hydrogen) atoms. The van der Waals surface area contributed by atoms with Crippen molar-refractivity contribution in [2.24, 2.45) is 0 Å². The molecule has 2 aromatic carbocycles. The van der Waals surface area contributed by atoms with Crippen LogP contribution in [0.2, 0.25) is 0 Å². The SMILES string of the molecule is Cc1ncsc1CN(Cc1ccccc1)C(=O)COc1ccc(N(C)Cc2ccc(F)cc2)nn1. The molecule has 2 heterocycles.